The van der Waals surface area contributed by atoms with E-state index in [4.69, 9.17) is 11.5 Å². The predicted molar refractivity (Wildman–Crippen MR) is 40.9 cm³/mol. The van der Waals surface area contributed by atoms with Gasteiger partial charge in [-0.15, -0.1) is 0 Å². The van der Waals surface area contributed by atoms with E-state index in [1.54, 1.807) is 0 Å². The van der Waals surface area contributed by atoms with Crippen LogP contribution in [0.1, 0.15) is 5.56 Å². The first-order valence-electron chi connectivity index (χ1n) is 2.74. The molecule has 0 amide bonds. The molecule has 4 heteroatoms. The summed E-state index contributed by atoms with van der Waals surface area (Å²) in [5, 5.41) is 0. The monoisotopic (exact) mass is 136 g/mol. The normalized spacial score (nSPS) is 9.20. The van der Waals surface area contributed by atoms with E-state index in [1.165, 1.54) is 12.4 Å². The van der Waals surface area contributed by atoms with Crippen LogP contribution in [-0.4, -0.2) is 9.97 Å². The van der Waals surface area contributed by atoms with Gasteiger partial charge in [-0.3, -0.25) is 0 Å². The molecule has 0 unspecified atom stereocenters. The van der Waals surface area contributed by atoms with Crippen molar-refractivity contribution in [3.63, 3.8) is 0 Å². The minimum absolute atomic E-state index is 0.363. The van der Waals surface area contributed by atoms with Crippen LogP contribution in [0.3, 0.4) is 0 Å². The molecule has 0 spiro atoms. The van der Waals surface area contributed by atoms with Crippen molar-refractivity contribution in [2.75, 3.05) is 11.5 Å². The minimum atomic E-state index is 0.363. The molecule has 4 nitrogen and oxygen atoms in total. The highest BCUT2D eigenvalue weighted by Gasteiger charge is 1.99. The van der Waals surface area contributed by atoms with E-state index in [1.807, 2.05) is 0 Å². The molecule has 4 N–H and O–H groups in total. The summed E-state index contributed by atoms with van der Waals surface area (Å²) in [6.45, 7) is 3.51. The third-order valence-corrected chi connectivity index (χ3v) is 1.15. The van der Waals surface area contributed by atoms with Crippen LogP contribution in [0.25, 0.3) is 6.08 Å². The molecule has 10 heavy (non-hydrogen) atoms. The molecule has 1 aromatic rings. The van der Waals surface area contributed by atoms with E-state index in [-0.39, 0.29) is 0 Å². The molecule has 0 fully saturated rings. The number of hydrogen-bond donors (Lipinski definition) is 2. The van der Waals surface area contributed by atoms with E-state index >= 15 is 0 Å². The van der Waals surface area contributed by atoms with E-state index in [9.17, 15) is 0 Å². The average Bonchev–Trinajstić information content (AvgIpc) is 1.88. The van der Waals surface area contributed by atoms with E-state index in [0.29, 0.717) is 17.2 Å². The van der Waals surface area contributed by atoms with E-state index < -0.39 is 0 Å². The van der Waals surface area contributed by atoms with Gasteiger partial charge < -0.3 is 11.5 Å². The van der Waals surface area contributed by atoms with Gasteiger partial charge in [0, 0.05) is 0 Å². The highest BCUT2D eigenvalue weighted by molar-refractivity contribution is 5.68. The lowest BCUT2D eigenvalue weighted by atomic mass is 10.3. The summed E-state index contributed by atoms with van der Waals surface area (Å²) < 4.78 is 0. The summed E-state index contributed by atoms with van der Waals surface area (Å²) in [4.78, 5) is 7.45. The van der Waals surface area contributed by atoms with Crippen LogP contribution in [-0.2, 0) is 0 Å². The highest BCUT2D eigenvalue weighted by Crippen LogP contribution is 2.13. The van der Waals surface area contributed by atoms with Crippen LogP contribution in [0.2, 0.25) is 0 Å². The largest absolute Gasteiger partial charge is 0.383 e. The molecule has 0 aliphatic rings. The molecule has 0 aromatic carbocycles. The molecule has 0 saturated heterocycles. The Morgan fingerprint density at radius 3 is 2.10 bits per heavy atom. The standard InChI is InChI=1S/C6H8N4/c1-2-4-5(7)9-3-10-6(4)8/h2-3H,1H2,(H4,7,8,9,10). The summed E-state index contributed by atoms with van der Waals surface area (Å²) in [5.41, 5.74) is 11.5. The second kappa shape index (κ2) is 2.34. The van der Waals surface area contributed by atoms with Crippen LogP contribution in [0.4, 0.5) is 11.6 Å². The zero-order valence-corrected chi connectivity index (χ0v) is 5.41. The molecule has 0 radical (unpaired) electrons. The molecule has 1 heterocycles. The van der Waals surface area contributed by atoms with Gasteiger partial charge in [-0.1, -0.05) is 12.7 Å². The van der Waals surface area contributed by atoms with Crippen molar-refractivity contribution in [1.82, 2.24) is 9.97 Å². The number of nitrogens with two attached hydrogens (primary N) is 2. The van der Waals surface area contributed by atoms with Crippen molar-refractivity contribution in [3.05, 3.63) is 18.5 Å². The maximum atomic E-state index is 5.43. The molecule has 0 aliphatic carbocycles. The Labute approximate surface area is 58.6 Å². The van der Waals surface area contributed by atoms with Gasteiger partial charge in [0.1, 0.15) is 18.0 Å². The molecular formula is C6H8N4. The molecule has 0 atom stereocenters. The second-order valence-electron chi connectivity index (χ2n) is 1.76. The van der Waals surface area contributed by atoms with Gasteiger partial charge in [-0.2, -0.15) is 0 Å². The zero-order chi connectivity index (χ0) is 7.56. The molecule has 0 aliphatic heterocycles. The third-order valence-electron chi connectivity index (χ3n) is 1.15. The summed E-state index contributed by atoms with van der Waals surface area (Å²) in [6, 6.07) is 0. The molecule has 1 rings (SSSR count). The Hall–Kier alpha value is -1.58. The van der Waals surface area contributed by atoms with Gasteiger partial charge >= 0.3 is 0 Å². The zero-order valence-electron chi connectivity index (χ0n) is 5.41. The summed E-state index contributed by atoms with van der Waals surface area (Å²) in [5.74, 6) is 0.727. The van der Waals surface area contributed by atoms with Crippen LogP contribution in [0, 0.1) is 0 Å². The second-order valence-corrected chi connectivity index (χ2v) is 1.76. The lowest BCUT2D eigenvalue weighted by Crippen LogP contribution is -2.00. The Kier molecular flexibility index (Phi) is 1.53. The predicted octanol–water partition coefficient (Wildman–Crippen LogP) is 0.284. The fourth-order valence-electron chi connectivity index (χ4n) is 0.633. The summed E-state index contributed by atoms with van der Waals surface area (Å²) in [7, 11) is 0. The van der Waals surface area contributed by atoms with Gasteiger partial charge in [0.25, 0.3) is 0 Å². The molecule has 52 valence electrons. The van der Waals surface area contributed by atoms with Gasteiger partial charge in [-0.05, 0) is 0 Å². The van der Waals surface area contributed by atoms with Crippen LogP contribution in [0.5, 0.6) is 0 Å². The molecule has 0 saturated carbocycles. The summed E-state index contributed by atoms with van der Waals surface area (Å²) in [6.07, 6.45) is 2.85. The fourth-order valence-corrected chi connectivity index (χ4v) is 0.633. The van der Waals surface area contributed by atoms with Gasteiger partial charge in [-0.25, -0.2) is 9.97 Å². The lowest BCUT2D eigenvalue weighted by molar-refractivity contribution is 1.18. The van der Waals surface area contributed by atoms with Crippen molar-refractivity contribution in [2.24, 2.45) is 0 Å². The Morgan fingerprint density at radius 2 is 1.80 bits per heavy atom. The number of aromatic nitrogens is 2. The maximum Gasteiger partial charge on any atom is 0.136 e. The lowest BCUT2D eigenvalue weighted by Gasteiger charge is -1.99. The van der Waals surface area contributed by atoms with Gasteiger partial charge in [0.15, 0.2) is 0 Å². The van der Waals surface area contributed by atoms with Crippen molar-refractivity contribution in [1.29, 1.82) is 0 Å². The van der Waals surface area contributed by atoms with Crippen molar-refractivity contribution in [2.45, 2.75) is 0 Å². The Bertz CT molecular complexity index is 236. The first kappa shape index (κ1) is 6.54. The average molecular weight is 136 g/mol. The van der Waals surface area contributed by atoms with E-state index in [2.05, 4.69) is 16.5 Å². The molecule has 1 aromatic heterocycles. The summed E-state index contributed by atoms with van der Waals surface area (Å²) >= 11 is 0. The number of nitrogens with zero attached hydrogens (tertiary/aromatic N) is 2. The van der Waals surface area contributed by atoms with Crippen molar-refractivity contribution >= 4 is 17.7 Å². The third kappa shape index (κ3) is 0.907. The molecular weight excluding hydrogens is 128 g/mol. The molecule has 0 bridgehead atoms. The number of rotatable bonds is 1. The van der Waals surface area contributed by atoms with E-state index in [0.717, 1.165) is 0 Å². The van der Waals surface area contributed by atoms with Gasteiger partial charge in [0.2, 0.25) is 0 Å². The quantitative estimate of drug-likeness (QED) is 0.581. The fraction of sp³-hybridized carbons (Fsp3) is 0. The van der Waals surface area contributed by atoms with Gasteiger partial charge in [0.05, 0.1) is 5.56 Å². The first-order chi connectivity index (χ1) is 4.75. The number of nitrogen functional groups attached to an aromatic ring is 2. The number of anilines is 2. The Morgan fingerprint density at radius 1 is 1.30 bits per heavy atom. The van der Waals surface area contributed by atoms with Crippen molar-refractivity contribution < 1.29 is 0 Å². The van der Waals surface area contributed by atoms with Crippen molar-refractivity contribution in [3.8, 4) is 0 Å². The highest BCUT2D eigenvalue weighted by atomic mass is 15.0. The first-order valence-corrected chi connectivity index (χ1v) is 2.74. The maximum absolute atomic E-state index is 5.43. The minimum Gasteiger partial charge on any atom is -0.383 e. The van der Waals surface area contributed by atoms with Crippen LogP contribution >= 0.6 is 0 Å². The number of hydrogen-bond acceptors (Lipinski definition) is 4. The van der Waals surface area contributed by atoms with Crippen LogP contribution < -0.4 is 11.5 Å². The smallest absolute Gasteiger partial charge is 0.136 e. The topological polar surface area (TPSA) is 77.8 Å². The SMILES string of the molecule is C=Cc1c(N)ncnc1N. The van der Waals surface area contributed by atoms with Crippen LogP contribution in [0.15, 0.2) is 12.9 Å². The Balaban J connectivity index is 3.30.